The maximum absolute atomic E-state index is 11.9. The normalized spacial score (nSPS) is 10.6. The van der Waals surface area contributed by atoms with Gasteiger partial charge in [-0.05, 0) is 36.9 Å². The molecule has 18 heavy (non-hydrogen) atoms. The Morgan fingerprint density at radius 1 is 1.39 bits per heavy atom. The summed E-state index contributed by atoms with van der Waals surface area (Å²) >= 11 is 7.17. The lowest BCUT2D eigenvalue weighted by atomic mass is 10.1. The van der Waals surface area contributed by atoms with Crippen LogP contribution in [0.25, 0.3) is 10.1 Å². The molecule has 0 saturated heterocycles. The largest absolute Gasteiger partial charge is 0.460 e. The summed E-state index contributed by atoms with van der Waals surface area (Å²) in [5.74, 6) is -1.40. The Morgan fingerprint density at radius 3 is 2.78 bits per heavy atom. The van der Waals surface area contributed by atoms with Crippen LogP contribution in [0.15, 0.2) is 18.2 Å². The Labute approximate surface area is 113 Å². The fourth-order valence-electron chi connectivity index (χ4n) is 1.71. The fraction of sp³-hybridized carbons (Fsp3) is 0.231. The van der Waals surface area contributed by atoms with E-state index in [0.29, 0.717) is 9.90 Å². The van der Waals surface area contributed by atoms with Gasteiger partial charge in [-0.25, -0.2) is 4.79 Å². The third-order valence-corrected chi connectivity index (χ3v) is 4.06. The van der Waals surface area contributed by atoms with E-state index in [1.807, 2.05) is 13.0 Å². The van der Waals surface area contributed by atoms with Gasteiger partial charge in [-0.15, -0.1) is 11.3 Å². The van der Waals surface area contributed by atoms with Gasteiger partial charge in [-0.1, -0.05) is 17.7 Å². The Bertz CT molecular complexity index is 630. The maximum atomic E-state index is 11.9. The molecule has 2 aromatic rings. The molecule has 0 bridgehead atoms. The molecule has 0 atom stereocenters. The van der Waals surface area contributed by atoms with Gasteiger partial charge in [-0.2, -0.15) is 0 Å². The van der Waals surface area contributed by atoms with Crippen LogP contribution in [-0.2, 0) is 9.53 Å². The molecule has 0 amide bonds. The van der Waals surface area contributed by atoms with E-state index in [1.54, 1.807) is 19.1 Å². The van der Waals surface area contributed by atoms with Crippen molar-refractivity contribution < 1.29 is 14.3 Å². The second-order valence-electron chi connectivity index (χ2n) is 3.75. The van der Waals surface area contributed by atoms with Crippen LogP contribution < -0.4 is 0 Å². The lowest BCUT2D eigenvalue weighted by Crippen LogP contribution is -2.17. The molecule has 1 heterocycles. The third kappa shape index (κ3) is 2.26. The molecule has 5 heteroatoms. The molecular weight excluding hydrogens is 272 g/mol. The standard InChI is InChI=1S/C13H11ClO3S/c1-3-17-13(16)11(15)12-7(2)9-5-4-8(14)6-10(9)18-12/h4-6H,3H2,1-2H3. The first-order chi connectivity index (χ1) is 8.54. The number of rotatable bonds is 3. The summed E-state index contributed by atoms with van der Waals surface area (Å²) in [5.41, 5.74) is 0.796. The minimum atomic E-state index is -0.807. The van der Waals surface area contributed by atoms with Gasteiger partial charge in [0, 0.05) is 9.72 Å². The number of carbonyl (C=O) groups is 2. The van der Waals surface area contributed by atoms with Crippen LogP contribution in [0.3, 0.4) is 0 Å². The van der Waals surface area contributed by atoms with Gasteiger partial charge >= 0.3 is 5.97 Å². The minimum Gasteiger partial charge on any atom is -0.460 e. The van der Waals surface area contributed by atoms with Gasteiger partial charge in [0.15, 0.2) is 0 Å². The van der Waals surface area contributed by atoms with Crippen LogP contribution in [0.1, 0.15) is 22.2 Å². The number of carbonyl (C=O) groups excluding carboxylic acids is 2. The van der Waals surface area contributed by atoms with Gasteiger partial charge in [0.25, 0.3) is 5.78 Å². The van der Waals surface area contributed by atoms with Gasteiger partial charge in [0.2, 0.25) is 0 Å². The zero-order valence-corrected chi connectivity index (χ0v) is 11.5. The molecule has 0 N–H and O–H groups in total. The number of hydrogen-bond donors (Lipinski definition) is 0. The summed E-state index contributed by atoms with van der Waals surface area (Å²) in [6, 6.07) is 5.41. The Morgan fingerprint density at radius 2 is 2.11 bits per heavy atom. The second kappa shape index (κ2) is 5.08. The highest BCUT2D eigenvalue weighted by molar-refractivity contribution is 7.21. The summed E-state index contributed by atoms with van der Waals surface area (Å²) in [5, 5.41) is 1.55. The quantitative estimate of drug-likeness (QED) is 0.491. The van der Waals surface area contributed by atoms with Crippen LogP contribution in [0, 0.1) is 6.92 Å². The number of Topliss-reactive ketones (excluding diaryl/α,β-unsaturated/α-hetero) is 1. The number of ether oxygens (including phenoxy) is 1. The van der Waals surface area contributed by atoms with E-state index in [-0.39, 0.29) is 6.61 Å². The van der Waals surface area contributed by atoms with Crippen molar-refractivity contribution >= 4 is 44.8 Å². The SMILES string of the molecule is CCOC(=O)C(=O)c1sc2cc(Cl)ccc2c1C. The average molecular weight is 283 g/mol. The van der Waals surface area contributed by atoms with Crippen molar-refractivity contribution in [2.75, 3.05) is 6.61 Å². The van der Waals surface area contributed by atoms with E-state index >= 15 is 0 Å². The predicted octanol–water partition coefficient (Wildman–Crippen LogP) is 3.61. The molecule has 3 nitrogen and oxygen atoms in total. The summed E-state index contributed by atoms with van der Waals surface area (Å²) in [7, 11) is 0. The van der Waals surface area contributed by atoms with Crippen LogP contribution >= 0.6 is 22.9 Å². The van der Waals surface area contributed by atoms with Crippen molar-refractivity contribution in [1.29, 1.82) is 0 Å². The van der Waals surface area contributed by atoms with Gasteiger partial charge in [0.05, 0.1) is 11.5 Å². The highest BCUT2D eigenvalue weighted by Gasteiger charge is 2.23. The zero-order chi connectivity index (χ0) is 13.3. The highest BCUT2D eigenvalue weighted by atomic mass is 35.5. The van der Waals surface area contributed by atoms with Crippen molar-refractivity contribution in [3.8, 4) is 0 Å². The summed E-state index contributed by atoms with van der Waals surface area (Å²) < 4.78 is 5.62. The van der Waals surface area contributed by atoms with Crippen molar-refractivity contribution in [3.05, 3.63) is 33.7 Å². The molecule has 0 saturated carbocycles. The number of aryl methyl sites for hydroxylation is 1. The van der Waals surface area contributed by atoms with E-state index in [1.165, 1.54) is 11.3 Å². The lowest BCUT2D eigenvalue weighted by molar-refractivity contribution is -0.137. The maximum Gasteiger partial charge on any atom is 0.380 e. The number of fused-ring (bicyclic) bond motifs is 1. The van der Waals surface area contributed by atoms with E-state index < -0.39 is 11.8 Å². The van der Waals surface area contributed by atoms with Crippen LogP contribution in [-0.4, -0.2) is 18.4 Å². The number of thiophene rings is 1. The topological polar surface area (TPSA) is 43.4 Å². The monoisotopic (exact) mass is 282 g/mol. The molecular formula is C13H11ClO3S. The van der Waals surface area contributed by atoms with Gasteiger partial charge < -0.3 is 4.74 Å². The number of esters is 1. The average Bonchev–Trinajstić information content (AvgIpc) is 2.65. The third-order valence-electron chi connectivity index (χ3n) is 2.57. The molecule has 94 valence electrons. The van der Waals surface area contributed by atoms with E-state index in [4.69, 9.17) is 16.3 Å². The van der Waals surface area contributed by atoms with E-state index in [0.717, 1.165) is 15.6 Å². The molecule has 0 aliphatic carbocycles. The van der Waals surface area contributed by atoms with E-state index in [2.05, 4.69) is 0 Å². The Kier molecular flexibility index (Phi) is 3.68. The molecule has 0 spiro atoms. The number of hydrogen-bond acceptors (Lipinski definition) is 4. The van der Waals surface area contributed by atoms with Crippen molar-refractivity contribution in [3.63, 3.8) is 0 Å². The predicted molar refractivity (Wildman–Crippen MR) is 72.5 cm³/mol. The fourth-order valence-corrected chi connectivity index (χ4v) is 3.12. The second-order valence-corrected chi connectivity index (χ2v) is 5.23. The molecule has 0 aliphatic rings. The summed E-state index contributed by atoms with van der Waals surface area (Å²) in [4.78, 5) is 23.8. The van der Waals surface area contributed by atoms with Crippen molar-refractivity contribution in [2.24, 2.45) is 0 Å². The van der Waals surface area contributed by atoms with Crippen molar-refractivity contribution in [1.82, 2.24) is 0 Å². The zero-order valence-electron chi connectivity index (χ0n) is 9.95. The van der Waals surface area contributed by atoms with Gasteiger partial charge in [0.1, 0.15) is 0 Å². The summed E-state index contributed by atoms with van der Waals surface area (Å²) in [6.07, 6.45) is 0. The smallest absolute Gasteiger partial charge is 0.380 e. The highest BCUT2D eigenvalue weighted by Crippen LogP contribution is 2.33. The van der Waals surface area contributed by atoms with Crippen molar-refractivity contribution in [2.45, 2.75) is 13.8 Å². The number of halogens is 1. The van der Waals surface area contributed by atoms with Gasteiger partial charge in [-0.3, -0.25) is 4.79 Å². The molecule has 1 aromatic carbocycles. The summed E-state index contributed by atoms with van der Waals surface area (Å²) in [6.45, 7) is 3.68. The first-order valence-electron chi connectivity index (χ1n) is 5.44. The molecule has 0 unspecified atom stereocenters. The Balaban J connectivity index is 2.49. The van der Waals surface area contributed by atoms with Crippen LogP contribution in [0.4, 0.5) is 0 Å². The molecule has 1 aromatic heterocycles. The number of ketones is 1. The molecule has 2 rings (SSSR count). The molecule has 0 fully saturated rings. The molecule has 0 aliphatic heterocycles. The lowest BCUT2D eigenvalue weighted by Gasteiger charge is -1.99. The first kappa shape index (κ1) is 13.1. The van der Waals surface area contributed by atoms with Crippen LogP contribution in [0.5, 0.6) is 0 Å². The number of benzene rings is 1. The Hall–Kier alpha value is -1.39. The van der Waals surface area contributed by atoms with Crippen LogP contribution in [0.2, 0.25) is 5.02 Å². The minimum absolute atomic E-state index is 0.195. The van der Waals surface area contributed by atoms with E-state index in [9.17, 15) is 9.59 Å². The molecule has 0 radical (unpaired) electrons. The first-order valence-corrected chi connectivity index (χ1v) is 6.64.